The van der Waals surface area contributed by atoms with Crippen LogP contribution in [0.2, 0.25) is 0 Å². The van der Waals surface area contributed by atoms with Gasteiger partial charge in [0.2, 0.25) is 11.6 Å². The molecule has 27 atom stereocenters. The number of Topliss-reactive ketones (excluding diaryl/α,β-unsaturated/α-hetero) is 3. The van der Waals surface area contributed by atoms with Gasteiger partial charge in [0.05, 0.1) is 18.3 Å². The van der Waals surface area contributed by atoms with Gasteiger partial charge in [-0.3, -0.25) is 33.6 Å². The SMILES string of the molecule is CC.CC.CC.CCC(=O)OCC(=O)[C@@]1(OC(=O)CC)[C@H](C)C[C@H]2[C@H]3[C@H]([C@@H](O)C[C@@]21C)[C@@]1(C)C=CCC=C1C[C@H]3Cl.CCC(=O)OCC(=O)[C@@]1(OC(=O)CC)[C@H](C)C[C@H]2[C@H]3[C@H]([C@@H](O)C[C@@]21C)[C@@]1(C)C=CCC=C1C[C@H]3Cl.C[C@@H]1C[C@H]2[C@H]3[C@H]([C@@H](O)C[C@]2(C)[C@@]1(O)C(=O)CO)[C@@]1(C)C=CCC=C1C[C@H]3Cl. The molecule has 0 aliphatic heterocycles. The molecule has 0 aromatic rings. The first kappa shape index (κ1) is 86.2. The van der Waals surface area contributed by atoms with Gasteiger partial charge >= 0.3 is 23.9 Å². The molecule has 9 fully saturated rings. The normalized spacial score (nSPS) is 44.2. The van der Waals surface area contributed by atoms with Crippen molar-refractivity contribution in [2.75, 3.05) is 19.8 Å². The van der Waals surface area contributed by atoms with Crippen LogP contribution in [0.4, 0.5) is 0 Å². The number of halogens is 3. The van der Waals surface area contributed by atoms with Crippen LogP contribution in [0, 0.1) is 104 Å². The van der Waals surface area contributed by atoms with Crippen molar-refractivity contribution < 1.29 is 78.0 Å². The van der Waals surface area contributed by atoms with Crippen LogP contribution in [0.5, 0.6) is 0 Å². The van der Waals surface area contributed by atoms with E-state index in [0.717, 1.165) is 38.5 Å². The Morgan fingerprint density at radius 3 is 1.02 bits per heavy atom. The molecule has 0 amide bonds. The molecule has 12 aliphatic rings. The van der Waals surface area contributed by atoms with Crippen molar-refractivity contribution in [1.82, 2.24) is 0 Å². The minimum atomic E-state index is -1.62. The highest BCUT2D eigenvalue weighted by Crippen LogP contribution is 2.73. The number of ether oxygens (including phenoxy) is 4. The maximum Gasteiger partial charge on any atom is 0.306 e. The number of esters is 4. The Balaban J connectivity index is 0.000000210. The van der Waals surface area contributed by atoms with Gasteiger partial charge in [-0.1, -0.05) is 203 Å². The van der Waals surface area contributed by atoms with E-state index in [9.17, 15) is 59.1 Å². The number of aliphatic hydroxyl groups is 5. The minimum absolute atomic E-state index is 0.0200. The average Bonchev–Trinajstić information content (AvgIpc) is 1.60. The quantitative estimate of drug-likeness (QED) is 0.0469. The van der Waals surface area contributed by atoms with Crippen molar-refractivity contribution in [2.24, 2.45) is 104 Å². The van der Waals surface area contributed by atoms with E-state index in [2.05, 4.69) is 75.5 Å². The van der Waals surface area contributed by atoms with Gasteiger partial charge in [-0.25, -0.2) is 0 Å². The first-order chi connectivity index (χ1) is 48.5. The summed E-state index contributed by atoms with van der Waals surface area (Å²) < 4.78 is 22.7. The molecule has 12 rings (SSSR count). The third kappa shape index (κ3) is 14.0. The van der Waals surface area contributed by atoms with Crippen molar-refractivity contribution in [3.8, 4) is 0 Å². The third-order valence-corrected chi connectivity index (χ3v) is 29.4. The Kier molecular flexibility index (Phi) is 28.0. The van der Waals surface area contributed by atoms with E-state index in [1.54, 1.807) is 27.7 Å². The number of alkyl halides is 3. The molecule has 16 nitrogen and oxygen atoms in total. The summed E-state index contributed by atoms with van der Waals surface area (Å²) in [5, 5.41) is 55.3. The molecular formula is C84H127Cl3O16. The highest BCUT2D eigenvalue weighted by atomic mass is 35.5. The van der Waals surface area contributed by atoms with Gasteiger partial charge in [-0.15, -0.1) is 34.8 Å². The Morgan fingerprint density at radius 1 is 0.447 bits per heavy atom. The zero-order valence-corrected chi connectivity index (χ0v) is 67.7. The molecule has 103 heavy (non-hydrogen) atoms. The summed E-state index contributed by atoms with van der Waals surface area (Å²) in [4.78, 5) is 89.5. The number of carbonyl (C=O) groups excluding carboxylic acids is 7. The molecule has 0 heterocycles. The monoisotopic (exact) mass is 1500 g/mol. The number of carbonyl (C=O) groups is 7. The number of fused-ring (bicyclic) bond motifs is 15. The lowest BCUT2D eigenvalue weighted by atomic mass is 9.46. The topological polar surface area (TPSA) is 258 Å². The number of hydrogen-bond donors (Lipinski definition) is 5. The van der Waals surface area contributed by atoms with E-state index < -0.39 is 112 Å². The van der Waals surface area contributed by atoms with E-state index >= 15 is 0 Å². The molecule has 0 aromatic carbocycles. The molecule has 0 saturated heterocycles. The molecule has 580 valence electrons. The van der Waals surface area contributed by atoms with Gasteiger partial charge < -0.3 is 44.5 Å². The molecule has 0 bridgehead atoms. The fourth-order valence-corrected chi connectivity index (χ4v) is 25.3. The molecule has 12 aliphatic carbocycles. The second kappa shape index (κ2) is 33.5. The van der Waals surface area contributed by atoms with E-state index in [4.69, 9.17) is 53.8 Å². The van der Waals surface area contributed by atoms with E-state index in [0.29, 0.717) is 38.5 Å². The summed E-state index contributed by atoms with van der Waals surface area (Å²) in [5.74, 6) is -4.40. The molecule has 0 radical (unpaired) electrons. The van der Waals surface area contributed by atoms with Gasteiger partial charge in [-0.05, 0) is 118 Å². The highest BCUT2D eigenvalue weighted by Gasteiger charge is 2.77. The maximum absolute atomic E-state index is 13.9. The van der Waals surface area contributed by atoms with Crippen LogP contribution in [0.3, 0.4) is 0 Å². The average molecular weight is 1500 g/mol. The van der Waals surface area contributed by atoms with E-state index in [1.807, 2.05) is 83.1 Å². The van der Waals surface area contributed by atoms with Gasteiger partial charge in [-0.2, -0.15) is 0 Å². The summed E-state index contributed by atoms with van der Waals surface area (Å²) in [7, 11) is 0. The lowest BCUT2D eigenvalue weighted by Gasteiger charge is -2.61. The minimum Gasteiger partial charge on any atom is -0.457 e. The van der Waals surface area contributed by atoms with E-state index in [1.165, 1.54) is 16.7 Å². The standard InChI is InChI=1S/2C28H39ClO6.C22H31ClO4.3C2H6/c2*1-6-22(32)34-15-21(31)28(35-23(33)7-2)16(3)12-18-24-19(29)13-17-10-8-9-11-26(17,4)25(24)20(30)14-27(18,28)5;1-12-8-14-18-15(23)9-13-6-4-5-7-20(13,2)19(18)16(25)10-21(14,3)22(12,27)17(26)11-24;3*1-2/h2*9-11,16,18-20,24-25,30H,6-8,12-15H2,1-5H3;5-7,12,14-16,18-19,24-25,27H,4,8-11H2,1-3H3;3*1-2H3/t2*16-,18+,19-,20+,24-,25+,26+,27+,28+;12-,14+,15-,16+,18-,19+,20+,21+,22+;;;/m111.../s1. The van der Waals surface area contributed by atoms with Crippen LogP contribution in [-0.4, -0.2) is 138 Å². The Labute approximate surface area is 630 Å². The highest BCUT2D eigenvalue weighted by molar-refractivity contribution is 6.21. The largest absolute Gasteiger partial charge is 0.457 e. The smallest absolute Gasteiger partial charge is 0.306 e. The molecule has 5 N–H and O–H groups in total. The first-order valence-corrected chi connectivity index (χ1v) is 40.6. The Bertz CT molecular complexity index is 3150. The van der Waals surface area contributed by atoms with Gasteiger partial charge in [0.15, 0.2) is 30.2 Å². The van der Waals surface area contributed by atoms with Crippen molar-refractivity contribution in [3.05, 3.63) is 71.4 Å². The summed E-state index contributed by atoms with van der Waals surface area (Å²) in [6.45, 7) is 35.4. The van der Waals surface area contributed by atoms with Crippen LogP contribution in [0.1, 0.15) is 234 Å². The third-order valence-electron chi connectivity index (χ3n) is 28.1. The fraction of sp³-hybridized carbons (Fsp3) is 0.774. The number of aliphatic hydroxyl groups excluding tert-OH is 4. The van der Waals surface area contributed by atoms with Crippen LogP contribution in [0.25, 0.3) is 0 Å². The number of ketones is 3. The van der Waals surface area contributed by atoms with Gasteiger partial charge in [0, 0.05) is 104 Å². The number of rotatable bonds is 14. The molecule has 0 aromatic heterocycles. The Morgan fingerprint density at radius 2 is 0.728 bits per heavy atom. The van der Waals surface area contributed by atoms with Crippen LogP contribution in [0.15, 0.2) is 71.4 Å². The van der Waals surface area contributed by atoms with Crippen LogP contribution >= 0.6 is 34.8 Å². The van der Waals surface area contributed by atoms with Crippen molar-refractivity contribution in [2.45, 2.75) is 286 Å². The van der Waals surface area contributed by atoms with Crippen molar-refractivity contribution >= 4 is 76.0 Å². The number of hydrogen-bond acceptors (Lipinski definition) is 16. The van der Waals surface area contributed by atoms with Crippen LogP contribution in [-0.2, 0) is 52.5 Å². The lowest BCUT2D eigenvalue weighted by molar-refractivity contribution is -0.205. The van der Waals surface area contributed by atoms with Gasteiger partial charge in [0.1, 0.15) is 12.2 Å². The number of allylic oxidation sites excluding steroid dienone is 12. The first-order valence-electron chi connectivity index (χ1n) is 39.3. The van der Waals surface area contributed by atoms with Crippen LogP contribution < -0.4 is 0 Å². The molecule has 0 spiro atoms. The zero-order valence-electron chi connectivity index (χ0n) is 65.4. The summed E-state index contributed by atoms with van der Waals surface area (Å²) in [6, 6.07) is 0. The molecular weight excluding hydrogens is 1370 g/mol. The van der Waals surface area contributed by atoms with E-state index in [-0.39, 0.29) is 129 Å². The summed E-state index contributed by atoms with van der Waals surface area (Å²) >= 11 is 21.1. The van der Waals surface area contributed by atoms with Crippen molar-refractivity contribution in [1.29, 1.82) is 0 Å². The second-order valence-electron chi connectivity index (χ2n) is 32.6. The molecule has 0 unspecified atom stereocenters. The predicted octanol–water partition coefficient (Wildman–Crippen LogP) is 15.4. The van der Waals surface area contributed by atoms with Crippen molar-refractivity contribution in [3.63, 3.8) is 0 Å². The zero-order chi connectivity index (χ0) is 77.3. The molecule has 9 saturated carbocycles. The fourth-order valence-electron chi connectivity index (χ4n) is 23.8. The summed E-state index contributed by atoms with van der Waals surface area (Å²) in [6.07, 6.45) is 26.2. The predicted molar refractivity (Wildman–Crippen MR) is 403 cm³/mol. The Hall–Kier alpha value is -4.00. The second-order valence-corrected chi connectivity index (χ2v) is 34.2. The maximum atomic E-state index is 13.9. The van der Waals surface area contributed by atoms with Gasteiger partial charge in [0.25, 0.3) is 0 Å². The lowest BCUT2D eigenvalue weighted by Crippen LogP contribution is -2.65. The molecule has 19 heteroatoms. The summed E-state index contributed by atoms with van der Waals surface area (Å²) in [5.41, 5.74) is -3.97.